The zero-order valence-corrected chi connectivity index (χ0v) is 14.5. The summed E-state index contributed by atoms with van der Waals surface area (Å²) in [6.07, 6.45) is 1.47. The molecule has 2 heterocycles. The molecule has 1 fully saturated rings. The van der Waals surface area contributed by atoms with Crippen LogP contribution < -0.4 is 10.5 Å². The van der Waals surface area contributed by atoms with Crippen LogP contribution >= 0.6 is 0 Å². The van der Waals surface area contributed by atoms with Gasteiger partial charge in [-0.2, -0.15) is 5.10 Å². The van der Waals surface area contributed by atoms with Crippen LogP contribution in [0.25, 0.3) is 0 Å². The second-order valence-electron chi connectivity index (χ2n) is 6.17. The molecule has 2 amide bonds. The lowest BCUT2D eigenvalue weighted by molar-refractivity contribution is 0.207. The topological polar surface area (TPSA) is 110 Å². The van der Waals surface area contributed by atoms with Crippen LogP contribution in [0.3, 0.4) is 0 Å². The van der Waals surface area contributed by atoms with Gasteiger partial charge in [0.1, 0.15) is 0 Å². The lowest BCUT2D eigenvalue weighted by atomic mass is 10.2. The van der Waals surface area contributed by atoms with Gasteiger partial charge in [0, 0.05) is 31.9 Å². The van der Waals surface area contributed by atoms with E-state index in [2.05, 4.69) is 10.4 Å². The summed E-state index contributed by atoms with van der Waals surface area (Å²) in [5.41, 5.74) is 2.10. The number of nitrogens with zero attached hydrogens (tertiary/aromatic N) is 3. The third-order valence-electron chi connectivity index (χ3n) is 3.97. The van der Waals surface area contributed by atoms with Crippen molar-refractivity contribution < 1.29 is 13.2 Å². The van der Waals surface area contributed by atoms with E-state index in [1.54, 1.807) is 4.90 Å². The summed E-state index contributed by atoms with van der Waals surface area (Å²) in [6.45, 7) is 6.30. The molecule has 0 unspecified atom stereocenters. The molecule has 0 bridgehead atoms. The molecule has 0 spiro atoms. The third kappa shape index (κ3) is 5.51. The Balaban J connectivity index is 1.68. The monoisotopic (exact) mass is 343 g/mol. The molecule has 1 aromatic heterocycles. The number of amides is 2. The standard InChI is InChI=1S/C14H25N5O3S/c1-11-8-12(2)19(17-11)6-3-5-16-14(20)18-7-4-13(9-18)10-23(15,21)22/h8,13H,3-7,9-10H2,1-2H3,(H,16,20)(H2,15,21,22)/t13-/m1/s1. The highest BCUT2D eigenvalue weighted by molar-refractivity contribution is 7.89. The summed E-state index contributed by atoms with van der Waals surface area (Å²) in [5.74, 6) is -0.125. The van der Waals surface area contributed by atoms with E-state index < -0.39 is 10.0 Å². The molecule has 3 N–H and O–H groups in total. The Bertz CT molecular complexity index is 655. The van der Waals surface area contributed by atoms with E-state index in [4.69, 9.17) is 5.14 Å². The Morgan fingerprint density at radius 3 is 2.83 bits per heavy atom. The predicted molar refractivity (Wildman–Crippen MR) is 87.4 cm³/mol. The summed E-state index contributed by atoms with van der Waals surface area (Å²) in [5, 5.41) is 12.3. The van der Waals surface area contributed by atoms with Crippen molar-refractivity contribution in [2.75, 3.05) is 25.4 Å². The van der Waals surface area contributed by atoms with Crippen LogP contribution in [0.5, 0.6) is 0 Å². The van der Waals surface area contributed by atoms with Gasteiger partial charge >= 0.3 is 6.03 Å². The average Bonchev–Trinajstić information content (AvgIpc) is 2.99. The second-order valence-corrected chi connectivity index (χ2v) is 7.83. The predicted octanol–water partition coefficient (Wildman–Crippen LogP) is 0.210. The van der Waals surface area contributed by atoms with Gasteiger partial charge in [0.15, 0.2) is 0 Å². The van der Waals surface area contributed by atoms with Gasteiger partial charge in [-0.05, 0) is 38.7 Å². The minimum Gasteiger partial charge on any atom is -0.338 e. The van der Waals surface area contributed by atoms with Gasteiger partial charge in [-0.15, -0.1) is 0 Å². The van der Waals surface area contributed by atoms with Crippen molar-refractivity contribution in [1.82, 2.24) is 20.0 Å². The summed E-state index contributed by atoms with van der Waals surface area (Å²) in [7, 11) is -3.48. The van der Waals surface area contributed by atoms with Gasteiger partial charge in [0.2, 0.25) is 10.0 Å². The van der Waals surface area contributed by atoms with Gasteiger partial charge in [0.05, 0.1) is 11.4 Å². The molecule has 0 aliphatic carbocycles. The summed E-state index contributed by atoms with van der Waals surface area (Å²) in [4.78, 5) is 13.7. The maximum atomic E-state index is 12.1. The van der Waals surface area contributed by atoms with E-state index in [0.29, 0.717) is 26.1 Å². The van der Waals surface area contributed by atoms with Gasteiger partial charge in [-0.1, -0.05) is 0 Å². The maximum absolute atomic E-state index is 12.1. The molecule has 1 aliphatic heterocycles. The number of nitrogens with one attached hydrogen (secondary N) is 1. The van der Waals surface area contributed by atoms with E-state index in [-0.39, 0.29) is 17.7 Å². The van der Waals surface area contributed by atoms with Gasteiger partial charge in [0.25, 0.3) is 0 Å². The molecule has 1 aliphatic rings. The Hall–Kier alpha value is -1.61. The zero-order chi connectivity index (χ0) is 17.0. The Morgan fingerprint density at radius 1 is 1.48 bits per heavy atom. The fourth-order valence-electron chi connectivity index (χ4n) is 2.92. The number of hydrogen-bond donors (Lipinski definition) is 2. The fraction of sp³-hybridized carbons (Fsp3) is 0.714. The molecular formula is C14H25N5O3S. The van der Waals surface area contributed by atoms with Gasteiger partial charge < -0.3 is 10.2 Å². The highest BCUT2D eigenvalue weighted by atomic mass is 32.2. The molecule has 0 saturated carbocycles. The number of aromatic nitrogens is 2. The van der Waals surface area contributed by atoms with Crippen LogP contribution in [0, 0.1) is 19.8 Å². The molecule has 8 nitrogen and oxygen atoms in total. The SMILES string of the molecule is Cc1cc(C)n(CCCNC(=O)N2CC[C@@H](CS(N)(=O)=O)C2)n1. The molecule has 9 heteroatoms. The summed E-state index contributed by atoms with van der Waals surface area (Å²) >= 11 is 0. The van der Waals surface area contributed by atoms with Crippen molar-refractivity contribution >= 4 is 16.1 Å². The minimum absolute atomic E-state index is 0.0608. The molecule has 1 aromatic rings. The van der Waals surface area contributed by atoms with Crippen LogP contribution in [-0.4, -0.2) is 54.5 Å². The van der Waals surface area contributed by atoms with Crippen LogP contribution in [0.1, 0.15) is 24.2 Å². The number of hydrogen-bond acceptors (Lipinski definition) is 4. The number of sulfonamides is 1. The fourth-order valence-corrected chi connectivity index (χ4v) is 3.85. The van der Waals surface area contributed by atoms with E-state index >= 15 is 0 Å². The van der Waals surface area contributed by atoms with E-state index in [0.717, 1.165) is 24.4 Å². The molecule has 0 radical (unpaired) electrons. The van der Waals surface area contributed by atoms with Crippen LogP contribution in [0.4, 0.5) is 4.79 Å². The Morgan fingerprint density at radius 2 is 2.22 bits per heavy atom. The van der Waals surface area contributed by atoms with Gasteiger partial charge in [-0.3, -0.25) is 4.68 Å². The molecule has 2 rings (SSSR count). The average molecular weight is 343 g/mol. The number of likely N-dealkylation sites (tertiary alicyclic amines) is 1. The Labute approximate surface area is 137 Å². The van der Waals surface area contributed by atoms with Crippen LogP contribution in [-0.2, 0) is 16.6 Å². The van der Waals surface area contributed by atoms with E-state index in [1.807, 2.05) is 24.6 Å². The first-order valence-electron chi connectivity index (χ1n) is 7.79. The minimum atomic E-state index is -3.48. The van der Waals surface area contributed by atoms with Crippen LogP contribution in [0.2, 0.25) is 0 Å². The summed E-state index contributed by atoms with van der Waals surface area (Å²) in [6, 6.07) is 1.88. The molecule has 1 saturated heterocycles. The molecule has 23 heavy (non-hydrogen) atoms. The lowest BCUT2D eigenvalue weighted by Gasteiger charge is -2.17. The maximum Gasteiger partial charge on any atom is 0.317 e. The number of rotatable bonds is 6. The number of carbonyl (C=O) groups is 1. The number of carbonyl (C=O) groups excluding carboxylic acids is 1. The molecule has 130 valence electrons. The third-order valence-corrected chi connectivity index (χ3v) is 4.90. The molecule has 0 aromatic carbocycles. The van der Waals surface area contributed by atoms with Crippen molar-refractivity contribution in [3.05, 3.63) is 17.5 Å². The zero-order valence-electron chi connectivity index (χ0n) is 13.7. The smallest absolute Gasteiger partial charge is 0.317 e. The largest absolute Gasteiger partial charge is 0.338 e. The van der Waals surface area contributed by atoms with Gasteiger partial charge in [-0.25, -0.2) is 18.4 Å². The van der Waals surface area contributed by atoms with Crippen molar-refractivity contribution in [3.63, 3.8) is 0 Å². The number of nitrogens with two attached hydrogens (primary N) is 1. The summed E-state index contributed by atoms with van der Waals surface area (Å²) < 4.78 is 24.1. The quantitative estimate of drug-likeness (QED) is 0.719. The highest BCUT2D eigenvalue weighted by Gasteiger charge is 2.28. The van der Waals surface area contributed by atoms with Crippen molar-refractivity contribution in [1.29, 1.82) is 0 Å². The number of aryl methyl sites for hydroxylation is 3. The Kier molecular flexibility index (Phi) is 5.64. The second kappa shape index (κ2) is 7.31. The highest BCUT2D eigenvalue weighted by Crippen LogP contribution is 2.17. The number of primary sulfonamides is 1. The first-order chi connectivity index (χ1) is 10.7. The first kappa shape index (κ1) is 17.7. The van der Waals surface area contributed by atoms with Crippen molar-refractivity contribution in [2.45, 2.75) is 33.2 Å². The first-order valence-corrected chi connectivity index (χ1v) is 9.50. The molecular weight excluding hydrogens is 318 g/mol. The van der Waals surface area contributed by atoms with Crippen molar-refractivity contribution in [3.8, 4) is 0 Å². The lowest BCUT2D eigenvalue weighted by Crippen LogP contribution is -2.39. The van der Waals surface area contributed by atoms with E-state index in [1.165, 1.54) is 0 Å². The van der Waals surface area contributed by atoms with Crippen LogP contribution in [0.15, 0.2) is 6.07 Å². The van der Waals surface area contributed by atoms with E-state index in [9.17, 15) is 13.2 Å². The normalized spacial score (nSPS) is 18.4. The molecule has 1 atom stereocenters. The number of urea groups is 1. The van der Waals surface area contributed by atoms with Crippen molar-refractivity contribution in [2.24, 2.45) is 11.1 Å².